The molecular formula is C15H14ClFN4O. The van der Waals surface area contributed by atoms with E-state index in [-0.39, 0.29) is 10.6 Å². The van der Waals surface area contributed by atoms with Crippen LogP contribution in [0.4, 0.5) is 16.0 Å². The van der Waals surface area contributed by atoms with Gasteiger partial charge in [-0.15, -0.1) is 0 Å². The maximum absolute atomic E-state index is 13.7. The van der Waals surface area contributed by atoms with E-state index >= 15 is 0 Å². The second-order valence-electron chi connectivity index (χ2n) is 5.02. The fraction of sp³-hybridized carbons (Fsp3) is 0.267. The average molecular weight is 321 g/mol. The molecule has 5 nitrogen and oxygen atoms in total. The molecule has 1 amide bonds. The number of hydrogen-bond acceptors (Lipinski definition) is 4. The molecule has 0 aliphatic carbocycles. The molecule has 1 aliphatic heterocycles. The standard InChI is InChI=1S/C15H14ClFN4O/c16-11-4-3-5-12(17)13(11)14(22)20-10-8-18-15(19-9-10)21-6-1-2-7-21/h3-5,8-9H,1-2,6-7H2,(H,20,22). The van der Waals surface area contributed by atoms with E-state index in [1.165, 1.54) is 30.6 Å². The molecule has 0 spiro atoms. The molecule has 1 aromatic carbocycles. The van der Waals surface area contributed by atoms with Gasteiger partial charge < -0.3 is 10.2 Å². The van der Waals surface area contributed by atoms with Crippen LogP contribution in [0.3, 0.4) is 0 Å². The Kier molecular flexibility index (Phi) is 4.20. The highest BCUT2D eigenvalue weighted by Gasteiger charge is 2.17. The van der Waals surface area contributed by atoms with Crippen LogP contribution in [0, 0.1) is 5.82 Å². The van der Waals surface area contributed by atoms with Crippen molar-refractivity contribution in [1.82, 2.24) is 9.97 Å². The number of halogens is 2. The second-order valence-corrected chi connectivity index (χ2v) is 5.42. The van der Waals surface area contributed by atoms with Crippen molar-refractivity contribution >= 4 is 29.1 Å². The molecule has 2 aromatic rings. The van der Waals surface area contributed by atoms with Gasteiger partial charge in [0.1, 0.15) is 5.82 Å². The number of rotatable bonds is 3. The Morgan fingerprint density at radius 3 is 2.55 bits per heavy atom. The lowest BCUT2D eigenvalue weighted by Crippen LogP contribution is -2.20. The first-order valence-electron chi connectivity index (χ1n) is 6.97. The molecule has 1 aromatic heterocycles. The van der Waals surface area contributed by atoms with Crippen molar-refractivity contribution in [3.8, 4) is 0 Å². The Labute approximate surface area is 132 Å². The number of carbonyl (C=O) groups excluding carboxylic acids is 1. The van der Waals surface area contributed by atoms with Gasteiger partial charge in [-0.2, -0.15) is 0 Å². The SMILES string of the molecule is O=C(Nc1cnc(N2CCCC2)nc1)c1c(F)cccc1Cl. The number of aromatic nitrogens is 2. The predicted molar refractivity (Wildman–Crippen MR) is 82.8 cm³/mol. The molecular weight excluding hydrogens is 307 g/mol. The van der Waals surface area contributed by atoms with Crippen LogP contribution in [-0.2, 0) is 0 Å². The summed E-state index contributed by atoms with van der Waals surface area (Å²) in [7, 11) is 0. The fourth-order valence-corrected chi connectivity index (χ4v) is 2.62. The molecule has 0 bridgehead atoms. The van der Waals surface area contributed by atoms with E-state index in [1.807, 2.05) is 0 Å². The predicted octanol–water partition coefficient (Wildman–Crippen LogP) is 3.12. The summed E-state index contributed by atoms with van der Waals surface area (Å²) in [5, 5.41) is 2.61. The van der Waals surface area contributed by atoms with E-state index in [0.717, 1.165) is 25.9 Å². The van der Waals surface area contributed by atoms with E-state index in [1.54, 1.807) is 0 Å². The summed E-state index contributed by atoms with van der Waals surface area (Å²) in [4.78, 5) is 22.6. The number of amides is 1. The lowest BCUT2D eigenvalue weighted by atomic mass is 10.2. The minimum Gasteiger partial charge on any atom is -0.341 e. The van der Waals surface area contributed by atoms with Gasteiger partial charge in [-0.3, -0.25) is 4.79 Å². The molecule has 0 radical (unpaired) electrons. The van der Waals surface area contributed by atoms with Crippen molar-refractivity contribution in [2.24, 2.45) is 0 Å². The monoisotopic (exact) mass is 320 g/mol. The Hall–Kier alpha value is -2.21. The first-order valence-corrected chi connectivity index (χ1v) is 7.35. The maximum atomic E-state index is 13.7. The van der Waals surface area contributed by atoms with Crippen LogP contribution >= 0.6 is 11.6 Å². The third kappa shape index (κ3) is 3.01. The van der Waals surface area contributed by atoms with Crippen LogP contribution in [0.15, 0.2) is 30.6 Å². The summed E-state index contributed by atoms with van der Waals surface area (Å²) in [5.74, 6) is -0.653. The van der Waals surface area contributed by atoms with E-state index in [9.17, 15) is 9.18 Å². The zero-order chi connectivity index (χ0) is 15.5. The molecule has 0 atom stereocenters. The van der Waals surface area contributed by atoms with Gasteiger partial charge in [0.2, 0.25) is 5.95 Å². The number of nitrogens with one attached hydrogen (secondary N) is 1. The normalized spacial score (nSPS) is 14.2. The highest BCUT2D eigenvalue weighted by Crippen LogP contribution is 2.21. The quantitative estimate of drug-likeness (QED) is 0.944. The first kappa shape index (κ1) is 14.7. The van der Waals surface area contributed by atoms with Gasteiger partial charge in [0.15, 0.2) is 0 Å². The summed E-state index contributed by atoms with van der Waals surface area (Å²) >= 11 is 5.86. The molecule has 22 heavy (non-hydrogen) atoms. The maximum Gasteiger partial charge on any atom is 0.260 e. The second kappa shape index (κ2) is 6.27. The highest BCUT2D eigenvalue weighted by atomic mass is 35.5. The van der Waals surface area contributed by atoms with Crippen LogP contribution in [0.25, 0.3) is 0 Å². The van der Waals surface area contributed by atoms with Gasteiger partial charge in [-0.25, -0.2) is 14.4 Å². The van der Waals surface area contributed by atoms with Crippen molar-refractivity contribution in [3.63, 3.8) is 0 Å². The van der Waals surface area contributed by atoms with E-state index < -0.39 is 11.7 Å². The zero-order valence-corrected chi connectivity index (χ0v) is 12.5. The summed E-state index contributed by atoms with van der Waals surface area (Å²) < 4.78 is 13.7. The van der Waals surface area contributed by atoms with Crippen LogP contribution in [0.2, 0.25) is 5.02 Å². The average Bonchev–Trinajstić information content (AvgIpc) is 3.02. The van der Waals surface area contributed by atoms with Crippen molar-refractivity contribution in [3.05, 3.63) is 47.0 Å². The minimum atomic E-state index is -0.667. The lowest BCUT2D eigenvalue weighted by Gasteiger charge is -2.14. The number of hydrogen-bond donors (Lipinski definition) is 1. The number of carbonyl (C=O) groups is 1. The van der Waals surface area contributed by atoms with Crippen molar-refractivity contribution in [2.75, 3.05) is 23.3 Å². The van der Waals surface area contributed by atoms with Gasteiger partial charge in [-0.1, -0.05) is 17.7 Å². The Morgan fingerprint density at radius 1 is 1.23 bits per heavy atom. The van der Waals surface area contributed by atoms with E-state index in [0.29, 0.717) is 11.6 Å². The summed E-state index contributed by atoms with van der Waals surface area (Å²) in [6, 6.07) is 4.10. The largest absolute Gasteiger partial charge is 0.341 e. The first-order chi connectivity index (χ1) is 10.6. The van der Waals surface area contributed by atoms with Gasteiger partial charge >= 0.3 is 0 Å². The molecule has 1 aliphatic rings. The molecule has 2 heterocycles. The minimum absolute atomic E-state index is 0.0621. The highest BCUT2D eigenvalue weighted by molar-refractivity contribution is 6.34. The topological polar surface area (TPSA) is 58.1 Å². The molecule has 114 valence electrons. The Morgan fingerprint density at radius 2 is 1.91 bits per heavy atom. The van der Waals surface area contributed by atoms with Crippen molar-refractivity contribution in [1.29, 1.82) is 0 Å². The van der Waals surface area contributed by atoms with Gasteiger partial charge in [-0.05, 0) is 25.0 Å². The molecule has 1 fully saturated rings. The summed E-state index contributed by atoms with van der Waals surface area (Å²) in [6.45, 7) is 1.88. The number of anilines is 2. The molecule has 7 heteroatoms. The summed E-state index contributed by atoms with van der Waals surface area (Å²) in [6.07, 6.45) is 5.28. The van der Waals surface area contributed by atoms with Crippen LogP contribution in [-0.4, -0.2) is 29.0 Å². The smallest absolute Gasteiger partial charge is 0.260 e. The molecule has 0 saturated carbocycles. The molecule has 0 unspecified atom stereocenters. The number of nitrogens with zero attached hydrogens (tertiary/aromatic N) is 3. The third-order valence-corrected chi connectivity index (χ3v) is 3.79. The van der Waals surface area contributed by atoms with Gasteiger partial charge in [0, 0.05) is 13.1 Å². The third-order valence-electron chi connectivity index (χ3n) is 3.47. The van der Waals surface area contributed by atoms with Crippen LogP contribution in [0.1, 0.15) is 23.2 Å². The van der Waals surface area contributed by atoms with Gasteiger partial charge in [0.25, 0.3) is 5.91 Å². The van der Waals surface area contributed by atoms with Gasteiger partial charge in [0.05, 0.1) is 28.7 Å². The molecule has 1 saturated heterocycles. The fourth-order valence-electron chi connectivity index (χ4n) is 2.37. The van der Waals surface area contributed by atoms with Crippen molar-refractivity contribution in [2.45, 2.75) is 12.8 Å². The number of benzene rings is 1. The van der Waals surface area contributed by atoms with Crippen LogP contribution in [0.5, 0.6) is 0 Å². The molecule has 3 rings (SSSR count). The Bertz CT molecular complexity index is 666. The Balaban J connectivity index is 1.74. The summed E-state index contributed by atoms with van der Waals surface area (Å²) in [5.41, 5.74) is 0.208. The zero-order valence-electron chi connectivity index (χ0n) is 11.7. The lowest BCUT2D eigenvalue weighted by molar-refractivity contribution is 0.102. The van der Waals surface area contributed by atoms with E-state index in [4.69, 9.17) is 11.6 Å². The van der Waals surface area contributed by atoms with E-state index in [2.05, 4.69) is 20.2 Å². The molecule has 1 N–H and O–H groups in total. The van der Waals surface area contributed by atoms with Crippen LogP contribution < -0.4 is 10.2 Å². The van der Waals surface area contributed by atoms with Crippen molar-refractivity contribution < 1.29 is 9.18 Å².